The molecule has 0 aromatic heterocycles. The van der Waals surface area contributed by atoms with E-state index in [9.17, 15) is 22.4 Å². The molecule has 0 radical (unpaired) electrons. The van der Waals surface area contributed by atoms with Crippen molar-refractivity contribution in [1.82, 2.24) is 0 Å². The number of hydrogen-bond acceptors (Lipinski definition) is 2. The molecule has 1 fully saturated rings. The summed E-state index contributed by atoms with van der Waals surface area (Å²) < 4.78 is 51.5. The highest BCUT2D eigenvalue weighted by atomic mass is 19.3. The van der Waals surface area contributed by atoms with E-state index >= 15 is 0 Å². The van der Waals surface area contributed by atoms with Gasteiger partial charge in [0, 0.05) is 11.5 Å². The first-order valence-corrected chi connectivity index (χ1v) is 4.49. The Labute approximate surface area is 89.0 Å². The fourth-order valence-corrected chi connectivity index (χ4v) is 1.57. The van der Waals surface area contributed by atoms with E-state index in [0.717, 1.165) is 0 Å². The third-order valence-electron chi connectivity index (χ3n) is 2.50. The Bertz CT molecular complexity index is 363. The SMILES string of the molecule is C[C@@H]1C/C(=C(/N)C(F)F)C(=NC=O)C1(F)F. The first-order chi connectivity index (χ1) is 7.32. The summed E-state index contributed by atoms with van der Waals surface area (Å²) in [5, 5.41) is 0. The van der Waals surface area contributed by atoms with Crippen LogP contribution in [-0.4, -0.2) is 24.5 Å². The van der Waals surface area contributed by atoms with E-state index in [1.165, 1.54) is 6.92 Å². The Hall–Kier alpha value is -1.40. The van der Waals surface area contributed by atoms with Crippen molar-refractivity contribution in [2.24, 2.45) is 16.6 Å². The van der Waals surface area contributed by atoms with Gasteiger partial charge >= 0.3 is 0 Å². The Morgan fingerprint density at radius 1 is 1.62 bits per heavy atom. The molecule has 0 unspecified atom stereocenters. The number of allylic oxidation sites excluding steroid dienone is 2. The predicted octanol–water partition coefficient (Wildman–Crippen LogP) is 1.74. The Kier molecular flexibility index (Phi) is 3.35. The quantitative estimate of drug-likeness (QED) is 0.588. The topological polar surface area (TPSA) is 55.4 Å². The molecular formula is C9H10F4N2O. The molecule has 1 aliphatic rings. The number of carbonyl (C=O) groups excluding carboxylic acids is 1. The zero-order valence-electron chi connectivity index (χ0n) is 8.38. The van der Waals surface area contributed by atoms with Crippen LogP contribution < -0.4 is 5.73 Å². The highest BCUT2D eigenvalue weighted by Crippen LogP contribution is 2.42. The van der Waals surface area contributed by atoms with E-state index in [1.807, 2.05) is 0 Å². The monoisotopic (exact) mass is 238 g/mol. The van der Waals surface area contributed by atoms with Gasteiger partial charge in [0.15, 0.2) is 0 Å². The van der Waals surface area contributed by atoms with Crippen LogP contribution in [0.5, 0.6) is 0 Å². The molecule has 1 saturated carbocycles. The maximum Gasteiger partial charge on any atom is 0.292 e. The number of hydrogen-bond donors (Lipinski definition) is 1. The summed E-state index contributed by atoms with van der Waals surface area (Å²) in [6, 6.07) is 0. The molecule has 16 heavy (non-hydrogen) atoms. The van der Waals surface area contributed by atoms with Crippen molar-refractivity contribution in [2.45, 2.75) is 25.7 Å². The third kappa shape index (κ3) is 1.94. The van der Waals surface area contributed by atoms with Crippen LogP contribution in [0.4, 0.5) is 17.6 Å². The van der Waals surface area contributed by atoms with Gasteiger partial charge in [-0.25, -0.2) is 13.8 Å². The van der Waals surface area contributed by atoms with Crippen LogP contribution in [-0.2, 0) is 4.79 Å². The molecule has 0 spiro atoms. The summed E-state index contributed by atoms with van der Waals surface area (Å²) >= 11 is 0. The van der Waals surface area contributed by atoms with Gasteiger partial charge in [-0.2, -0.15) is 8.78 Å². The maximum absolute atomic E-state index is 13.4. The fourth-order valence-electron chi connectivity index (χ4n) is 1.57. The molecule has 0 saturated heterocycles. The lowest BCUT2D eigenvalue weighted by Crippen LogP contribution is -2.29. The number of aliphatic imine (C=N–C) groups is 1. The Balaban J connectivity index is 3.29. The van der Waals surface area contributed by atoms with E-state index in [2.05, 4.69) is 4.99 Å². The number of nitrogens with two attached hydrogens (primary N) is 1. The summed E-state index contributed by atoms with van der Waals surface area (Å²) in [5.41, 5.74) is 2.73. The van der Waals surface area contributed by atoms with Gasteiger partial charge < -0.3 is 5.73 Å². The van der Waals surface area contributed by atoms with Gasteiger partial charge in [-0.15, -0.1) is 0 Å². The molecule has 1 aliphatic carbocycles. The smallest absolute Gasteiger partial charge is 0.292 e. The number of carbonyl (C=O) groups is 1. The van der Waals surface area contributed by atoms with Crippen molar-refractivity contribution in [3.63, 3.8) is 0 Å². The molecule has 3 nitrogen and oxygen atoms in total. The molecule has 1 atom stereocenters. The highest BCUT2D eigenvalue weighted by molar-refractivity contribution is 6.10. The lowest BCUT2D eigenvalue weighted by atomic mass is 10.1. The van der Waals surface area contributed by atoms with E-state index in [1.54, 1.807) is 0 Å². The van der Waals surface area contributed by atoms with Gasteiger partial charge in [-0.05, 0) is 6.42 Å². The van der Waals surface area contributed by atoms with Crippen molar-refractivity contribution in [1.29, 1.82) is 0 Å². The minimum atomic E-state index is -3.39. The van der Waals surface area contributed by atoms with E-state index < -0.39 is 35.2 Å². The molecule has 1 amide bonds. The van der Waals surface area contributed by atoms with Gasteiger partial charge in [-0.1, -0.05) is 6.92 Å². The lowest BCUT2D eigenvalue weighted by molar-refractivity contribution is -0.106. The molecule has 90 valence electrons. The van der Waals surface area contributed by atoms with E-state index in [0.29, 0.717) is 0 Å². The van der Waals surface area contributed by atoms with Gasteiger partial charge in [0.1, 0.15) is 5.71 Å². The van der Waals surface area contributed by atoms with Crippen LogP contribution in [0.3, 0.4) is 0 Å². The summed E-state index contributed by atoms with van der Waals surface area (Å²) in [6.07, 6.45) is -3.44. The van der Waals surface area contributed by atoms with Gasteiger partial charge in [-0.3, -0.25) is 4.79 Å². The van der Waals surface area contributed by atoms with Crippen LogP contribution in [0.1, 0.15) is 13.3 Å². The molecule has 0 aromatic carbocycles. The second-order valence-corrected chi connectivity index (χ2v) is 3.55. The maximum atomic E-state index is 13.4. The van der Waals surface area contributed by atoms with Gasteiger partial charge in [0.25, 0.3) is 12.3 Å². The number of nitrogens with zero attached hydrogens (tertiary/aromatic N) is 1. The minimum absolute atomic E-state index is 0.0972. The second-order valence-electron chi connectivity index (χ2n) is 3.55. The molecule has 0 aliphatic heterocycles. The van der Waals surface area contributed by atoms with Crippen molar-refractivity contribution < 1.29 is 22.4 Å². The van der Waals surface area contributed by atoms with Crippen LogP contribution in [0.25, 0.3) is 0 Å². The predicted molar refractivity (Wildman–Crippen MR) is 49.4 cm³/mol. The standard InChI is InChI=1S/C9H10F4N2O/c1-4-2-5(6(14)8(10)11)7(15-3-16)9(4,12)13/h3-4,8H,2,14H2,1H3/b6-5-,15-7?/t4-/m1/s1. The van der Waals surface area contributed by atoms with Gasteiger partial charge in [0.05, 0.1) is 5.70 Å². The second kappa shape index (κ2) is 4.23. The molecular weight excluding hydrogens is 228 g/mol. The Morgan fingerprint density at radius 3 is 2.62 bits per heavy atom. The van der Waals surface area contributed by atoms with Crippen molar-refractivity contribution >= 4 is 12.1 Å². The number of halogens is 4. The van der Waals surface area contributed by atoms with E-state index in [-0.39, 0.29) is 12.8 Å². The van der Waals surface area contributed by atoms with Crippen LogP contribution in [0, 0.1) is 5.92 Å². The fraction of sp³-hybridized carbons (Fsp3) is 0.556. The molecule has 1 rings (SSSR count). The summed E-state index contributed by atoms with van der Waals surface area (Å²) in [5.74, 6) is -4.59. The van der Waals surface area contributed by atoms with Crippen molar-refractivity contribution in [2.75, 3.05) is 0 Å². The third-order valence-corrected chi connectivity index (χ3v) is 2.50. The molecule has 0 bridgehead atoms. The van der Waals surface area contributed by atoms with Crippen molar-refractivity contribution in [3.05, 3.63) is 11.3 Å². The largest absolute Gasteiger partial charge is 0.397 e. The highest BCUT2D eigenvalue weighted by Gasteiger charge is 2.51. The Morgan fingerprint density at radius 2 is 2.19 bits per heavy atom. The molecule has 0 aromatic rings. The summed E-state index contributed by atoms with van der Waals surface area (Å²) in [6.45, 7) is 1.19. The first-order valence-electron chi connectivity index (χ1n) is 4.49. The molecule has 7 heteroatoms. The number of alkyl halides is 4. The summed E-state index contributed by atoms with van der Waals surface area (Å²) in [4.78, 5) is 13.0. The van der Waals surface area contributed by atoms with Gasteiger partial charge in [0.2, 0.25) is 6.41 Å². The van der Waals surface area contributed by atoms with Crippen molar-refractivity contribution in [3.8, 4) is 0 Å². The lowest BCUT2D eigenvalue weighted by Gasteiger charge is -2.13. The van der Waals surface area contributed by atoms with E-state index in [4.69, 9.17) is 5.73 Å². The average molecular weight is 238 g/mol. The number of amides is 1. The minimum Gasteiger partial charge on any atom is -0.397 e. The average Bonchev–Trinajstić information content (AvgIpc) is 2.41. The van der Waals surface area contributed by atoms with Crippen LogP contribution >= 0.6 is 0 Å². The molecule has 0 heterocycles. The van der Waals surface area contributed by atoms with Crippen LogP contribution in [0.2, 0.25) is 0 Å². The zero-order chi connectivity index (χ0) is 12.5. The van der Waals surface area contributed by atoms with Crippen LogP contribution in [0.15, 0.2) is 16.3 Å². The zero-order valence-corrected chi connectivity index (χ0v) is 8.38. The number of rotatable bonds is 2. The normalized spacial score (nSPS) is 29.9. The summed E-state index contributed by atoms with van der Waals surface area (Å²) in [7, 11) is 0. The molecule has 2 N–H and O–H groups in total. The first kappa shape index (κ1) is 12.7.